The van der Waals surface area contributed by atoms with E-state index in [0.29, 0.717) is 18.6 Å². The van der Waals surface area contributed by atoms with Gasteiger partial charge in [0.2, 0.25) is 0 Å². The highest BCUT2D eigenvalue weighted by Crippen LogP contribution is 2.37. The second kappa shape index (κ2) is 5.97. The van der Waals surface area contributed by atoms with Crippen LogP contribution in [0.25, 0.3) is 0 Å². The normalized spacial score (nSPS) is 18.2. The lowest BCUT2D eigenvalue weighted by Crippen LogP contribution is -2.30. The van der Waals surface area contributed by atoms with E-state index in [1.54, 1.807) is 0 Å². The van der Waals surface area contributed by atoms with Gasteiger partial charge in [-0.3, -0.25) is 4.79 Å². The summed E-state index contributed by atoms with van der Waals surface area (Å²) < 4.78 is 0. The Kier molecular flexibility index (Phi) is 4.50. The molecular formula is C18H24OSi. The fourth-order valence-corrected chi connectivity index (χ4v) is 3.30. The molecule has 0 aromatic heterocycles. The molecule has 1 nitrogen and oxygen atoms in total. The summed E-state index contributed by atoms with van der Waals surface area (Å²) in [6, 6.07) is 10.6. The average molecular weight is 284 g/mol. The summed E-state index contributed by atoms with van der Waals surface area (Å²) in [6.45, 7) is 6.85. The minimum atomic E-state index is -1.37. The van der Waals surface area contributed by atoms with Crippen LogP contribution in [0.1, 0.15) is 31.2 Å². The summed E-state index contributed by atoms with van der Waals surface area (Å²) in [7, 11) is -1.37. The Morgan fingerprint density at radius 1 is 1.10 bits per heavy atom. The van der Waals surface area contributed by atoms with Crippen molar-refractivity contribution < 1.29 is 4.79 Å². The number of ketones is 1. The van der Waals surface area contributed by atoms with Gasteiger partial charge in [-0.05, 0) is 24.8 Å². The van der Waals surface area contributed by atoms with Gasteiger partial charge in [0.05, 0.1) is 0 Å². The van der Waals surface area contributed by atoms with Crippen molar-refractivity contribution in [2.24, 2.45) is 5.41 Å². The molecule has 1 aliphatic rings. The topological polar surface area (TPSA) is 17.1 Å². The number of benzene rings is 1. The van der Waals surface area contributed by atoms with E-state index >= 15 is 0 Å². The molecular weight excluding hydrogens is 260 g/mol. The van der Waals surface area contributed by atoms with E-state index < -0.39 is 8.07 Å². The van der Waals surface area contributed by atoms with Crippen LogP contribution in [0.2, 0.25) is 19.6 Å². The third-order valence-electron chi connectivity index (χ3n) is 3.85. The van der Waals surface area contributed by atoms with Gasteiger partial charge in [-0.15, -0.1) is 11.5 Å². The van der Waals surface area contributed by atoms with E-state index in [1.165, 1.54) is 5.56 Å². The Hall–Kier alpha value is -1.33. The number of carbonyl (C=O) groups excluding carboxylic acids is 1. The third kappa shape index (κ3) is 4.35. The predicted molar refractivity (Wildman–Crippen MR) is 87.2 cm³/mol. The van der Waals surface area contributed by atoms with Gasteiger partial charge in [0, 0.05) is 18.3 Å². The second-order valence-corrected chi connectivity index (χ2v) is 11.7. The lowest BCUT2D eigenvalue weighted by Gasteiger charge is -2.32. The second-order valence-electron chi connectivity index (χ2n) is 6.98. The standard InChI is InChI=1S/C18H24OSi/c1-20(2,3)14-13-18(11-9-17(19)10-12-18)15-16-7-5-4-6-8-16/h4-8H,9-12,15H2,1-3H3. The molecule has 1 aromatic rings. The fourth-order valence-electron chi connectivity index (χ4n) is 2.66. The SMILES string of the molecule is C[Si](C)(C)C#CC1(Cc2ccccc2)CCC(=O)CC1. The van der Waals surface area contributed by atoms with E-state index in [9.17, 15) is 4.79 Å². The molecule has 0 aliphatic heterocycles. The first kappa shape index (κ1) is 15.1. The molecule has 2 rings (SSSR count). The summed E-state index contributed by atoms with van der Waals surface area (Å²) in [4.78, 5) is 11.6. The quantitative estimate of drug-likeness (QED) is 0.586. The number of hydrogen-bond donors (Lipinski definition) is 0. The van der Waals surface area contributed by atoms with Crippen LogP contribution in [-0.4, -0.2) is 13.9 Å². The molecule has 0 N–H and O–H groups in total. The van der Waals surface area contributed by atoms with Gasteiger partial charge >= 0.3 is 0 Å². The van der Waals surface area contributed by atoms with E-state index in [4.69, 9.17) is 0 Å². The highest BCUT2D eigenvalue weighted by Gasteiger charge is 2.33. The zero-order valence-corrected chi connectivity index (χ0v) is 13.8. The minimum absolute atomic E-state index is 0.0234. The van der Waals surface area contributed by atoms with Crippen molar-refractivity contribution in [3.8, 4) is 11.5 Å². The zero-order chi connectivity index (χ0) is 14.6. The first-order valence-electron chi connectivity index (χ1n) is 7.49. The van der Waals surface area contributed by atoms with Crippen LogP contribution in [0.3, 0.4) is 0 Å². The van der Waals surface area contributed by atoms with Gasteiger partial charge in [-0.25, -0.2) is 0 Å². The molecule has 2 heteroatoms. The number of Topliss-reactive ketones (excluding diaryl/α,β-unsaturated/α-hetero) is 1. The lowest BCUT2D eigenvalue weighted by atomic mass is 9.71. The Morgan fingerprint density at radius 2 is 1.70 bits per heavy atom. The van der Waals surface area contributed by atoms with Gasteiger partial charge in [-0.2, -0.15) is 0 Å². The third-order valence-corrected chi connectivity index (χ3v) is 4.73. The van der Waals surface area contributed by atoms with Gasteiger partial charge in [0.1, 0.15) is 13.9 Å². The van der Waals surface area contributed by atoms with Crippen molar-refractivity contribution in [2.75, 3.05) is 0 Å². The highest BCUT2D eigenvalue weighted by molar-refractivity contribution is 6.83. The van der Waals surface area contributed by atoms with Crippen molar-refractivity contribution in [1.29, 1.82) is 0 Å². The van der Waals surface area contributed by atoms with E-state index in [1.807, 2.05) is 6.07 Å². The smallest absolute Gasteiger partial charge is 0.133 e. The van der Waals surface area contributed by atoms with Crippen LogP contribution >= 0.6 is 0 Å². The molecule has 1 aromatic carbocycles. The first-order valence-corrected chi connectivity index (χ1v) is 11.0. The maximum atomic E-state index is 11.6. The van der Waals surface area contributed by atoms with Crippen molar-refractivity contribution in [3.63, 3.8) is 0 Å². The molecule has 1 aliphatic carbocycles. The summed E-state index contributed by atoms with van der Waals surface area (Å²) in [5.41, 5.74) is 4.91. The van der Waals surface area contributed by atoms with Gasteiger partial charge in [0.25, 0.3) is 0 Å². The molecule has 1 saturated carbocycles. The van der Waals surface area contributed by atoms with Crippen LogP contribution in [0, 0.1) is 16.9 Å². The Balaban J connectivity index is 2.24. The van der Waals surface area contributed by atoms with Crippen molar-refractivity contribution in [3.05, 3.63) is 35.9 Å². The lowest BCUT2D eigenvalue weighted by molar-refractivity contribution is -0.121. The molecule has 106 valence electrons. The summed E-state index contributed by atoms with van der Waals surface area (Å²) in [5.74, 6) is 4.01. The molecule has 0 radical (unpaired) electrons. The van der Waals surface area contributed by atoms with Crippen molar-refractivity contribution in [1.82, 2.24) is 0 Å². The maximum absolute atomic E-state index is 11.6. The van der Waals surface area contributed by atoms with E-state index in [2.05, 4.69) is 55.4 Å². The Labute approximate surface area is 123 Å². The van der Waals surface area contributed by atoms with Crippen molar-refractivity contribution >= 4 is 13.9 Å². The van der Waals surface area contributed by atoms with E-state index in [0.717, 1.165) is 19.3 Å². The molecule has 0 heterocycles. The zero-order valence-electron chi connectivity index (χ0n) is 12.8. The van der Waals surface area contributed by atoms with E-state index in [-0.39, 0.29) is 5.41 Å². The molecule has 0 unspecified atom stereocenters. The van der Waals surface area contributed by atoms with Crippen LogP contribution < -0.4 is 0 Å². The van der Waals surface area contributed by atoms with Crippen LogP contribution in [0.4, 0.5) is 0 Å². The van der Waals surface area contributed by atoms with Gasteiger partial charge < -0.3 is 0 Å². The summed E-state index contributed by atoms with van der Waals surface area (Å²) >= 11 is 0. The predicted octanol–water partition coefficient (Wildman–Crippen LogP) is 4.24. The monoisotopic (exact) mass is 284 g/mol. The summed E-state index contributed by atoms with van der Waals surface area (Å²) in [6.07, 6.45) is 4.25. The average Bonchev–Trinajstić information content (AvgIpc) is 2.40. The summed E-state index contributed by atoms with van der Waals surface area (Å²) in [5, 5.41) is 0. The highest BCUT2D eigenvalue weighted by atomic mass is 28.3. The molecule has 0 spiro atoms. The largest absolute Gasteiger partial charge is 0.300 e. The number of hydrogen-bond acceptors (Lipinski definition) is 1. The van der Waals surface area contributed by atoms with Gasteiger partial charge in [-0.1, -0.05) is 50.0 Å². The number of rotatable bonds is 2. The first-order chi connectivity index (χ1) is 9.39. The molecule has 0 saturated heterocycles. The van der Waals surface area contributed by atoms with Crippen LogP contribution in [-0.2, 0) is 11.2 Å². The molecule has 0 atom stereocenters. The van der Waals surface area contributed by atoms with Crippen LogP contribution in [0.15, 0.2) is 30.3 Å². The maximum Gasteiger partial charge on any atom is 0.133 e. The van der Waals surface area contributed by atoms with Crippen molar-refractivity contribution in [2.45, 2.75) is 51.7 Å². The molecule has 0 bridgehead atoms. The molecule has 1 fully saturated rings. The van der Waals surface area contributed by atoms with Gasteiger partial charge in [0.15, 0.2) is 0 Å². The molecule has 20 heavy (non-hydrogen) atoms. The Bertz CT molecular complexity index is 518. The van der Waals surface area contributed by atoms with Crippen LogP contribution in [0.5, 0.6) is 0 Å². The fraction of sp³-hybridized carbons (Fsp3) is 0.500. The minimum Gasteiger partial charge on any atom is -0.300 e. The molecule has 0 amide bonds. The Morgan fingerprint density at radius 3 is 2.25 bits per heavy atom. The number of carbonyl (C=O) groups is 1.